The van der Waals surface area contributed by atoms with Gasteiger partial charge in [0.15, 0.2) is 0 Å². The highest BCUT2D eigenvalue weighted by Crippen LogP contribution is 2.20. The van der Waals surface area contributed by atoms with Gasteiger partial charge in [0.25, 0.3) is 0 Å². The highest BCUT2D eigenvalue weighted by Gasteiger charge is 2.30. The van der Waals surface area contributed by atoms with Crippen molar-refractivity contribution in [3.05, 3.63) is 0 Å². The number of carbonyl (C=O) groups is 2. The lowest BCUT2D eigenvalue weighted by molar-refractivity contribution is -0.140. The number of unbranched alkanes of at least 4 members (excludes halogenated alkanes) is 1. The molecule has 1 fully saturated rings. The maximum absolute atomic E-state index is 12.4. The Bertz CT molecular complexity index is 369. The summed E-state index contributed by atoms with van der Waals surface area (Å²) in [4.78, 5) is 28.3. The van der Waals surface area contributed by atoms with Crippen LogP contribution in [0.1, 0.15) is 52.9 Å². The SMILES string of the molecule is CCCCN(C)C(=O)C1CCN(C(=O)[C@@H](N)CC(C)C)CC1.Cl. The van der Waals surface area contributed by atoms with Crippen molar-refractivity contribution in [1.29, 1.82) is 0 Å². The topological polar surface area (TPSA) is 66.6 Å². The summed E-state index contributed by atoms with van der Waals surface area (Å²) in [6, 6.07) is -0.403. The molecule has 6 heteroatoms. The van der Waals surface area contributed by atoms with Gasteiger partial charge in [-0.2, -0.15) is 0 Å². The number of hydrogen-bond donors (Lipinski definition) is 1. The molecule has 1 rings (SSSR count). The molecule has 0 aromatic rings. The van der Waals surface area contributed by atoms with Crippen LogP contribution in [-0.4, -0.2) is 54.3 Å². The first-order valence-electron chi connectivity index (χ1n) is 8.66. The summed E-state index contributed by atoms with van der Waals surface area (Å²) >= 11 is 0. The summed E-state index contributed by atoms with van der Waals surface area (Å²) in [5.74, 6) is 0.753. The Morgan fingerprint density at radius 2 is 1.83 bits per heavy atom. The minimum absolute atomic E-state index is 0. The first-order chi connectivity index (χ1) is 10.4. The van der Waals surface area contributed by atoms with Gasteiger partial charge in [-0.25, -0.2) is 0 Å². The number of piperidine rings is 1. The number of likely N-dealkylation sites (tertiary alicyclic amines) is 1. The molecule has 5 nitrogen and oxygen atoms in total. The third kappa shape index (κ3) is 7.08. The minimum Gasteiger partial charge on any atom is -0.346 e. The maximum atomic E-state index is 12.4. The van der Waals surface area contributed by atoms with Gasteiger partial charge in [-0.05, 0) is 31.6 Å². The van der Waals surface area contributed by atoms with Crippen LogP contribution in [0.5, 0.6) is 0 Å². The van der Waals surface area contributed by atoms with Gasteiger partial charge in [-0.15, -0.1) is 12.4 Å². The molecule has 2 amide bonds. The van der Waals surface area contributed by atoms with E-state index >= 15 is 0 Å². The van der Waals surface area contributed by atoms with Crippen LogP contribution in [0.15, 0.2) is 0 Å². The number of halogens is 1. The zero-order valence-electron chi connectivity index (χ0n) is 15.1. The zero-order chi connectivity index (χ0) is 16.7. The van der Waals surface area contributed by atoms with E-state index in [1.165, 1.54) is 0 Å². The van der Waals surface area contributed by atoms with Gasteiger partial charge in [0.1, 0.15) is 0 Å². The fraction of sp³-hybridized carbons (Fsp3) is 0.882. The molecular formula is C17H34ClN3O2. The molecular weight excluding hydrogens is 314 g/mol. The van der Waals surface area contributed by atoms with E-state index in [0.717, 1.165) is 38.6 Å². The number of amides is 2. The third-order valence-corrected chi connectivity index (χ3v) is 4.42. The molecule has 136 valence electrons. The Hall–Kier alpha value is -0.810. The quantitative estimate of drug-likeness (QED) is 0.768. The van der Waals surface area contributed by atoms with Crippen molar-refractivity contribution in [2.45, 2.75) is 58.9 Å². The monoisotopic (exact) mass is 347 g/mol. The van der Waals surface area contributed by atoms with Crippen molar-refractivity contribution in [1.82, 2.24) is 9.80 Å². The molecule has 23 heavy (non-hydrogen) atoms. The van der Waals surface area contributed by atoms with E-state index in [4.69, 9.17) is 5.73 Å². The van der Waals surface area contributed by atoms with Crippen molar-refractivity contribution >= 4 is 24.2 Å². The molecule has 0 aromatic carbocycles. The van der Waals surface area contributed by atoms with Crippen LogP contribution in [-0.2, 0) is 9.59 Å². The van der Waals surface area contributed by atoms with Crippen LogP contribution in [0.2, 0.25) is 0 Å². The van der Waals surface area contributed by atoms with E-state index in [1.807, 2.05) is 16.8 Å². The molecule has 0 aromatic heterocycles. The van der Waals surface area contributed by atoms with Crippen LogP contribution in [0.3, 0.4) is 0 Å². The largest absolute Gasteiger partial charge is 0.346 e. The summed E-state index contributed by atoms with van der Waals surface area (Å²) in [5, 5.41) is 0. The summed E-state index contributed by atoms with van der Waals surface area (Å²) in [5.41, 5.74) is 5.98. The van der Waals surface area contributed by atoms with Crippen molar-refractivity contribution < 1.29 is 9.59 Å². The number of nitrogens with zero attached hydrogens (tertiary/aromatic N) is 2. The second kappa shape index (κ2) is 10.9. The minimum atomic E-state index is -0.403. The Morgan fingerprint density at radius 1 is 1.26 bits per heavy atom. The summed E-state index contributed by atoms with van der Waals surface area (Å²) < 4.78 is 0. The number of rotatable bonds is 7. The second-order valence-corrected chi connectivity index (χ2v) is 6.95. The smallest absolute Gasteiger partial charge is 0.239 e. The lowest BCUT2D eigenvalue weighted by Gasteiger charge is -2.34. The van der Waals surface area contributed by atoms with Crippen molar-refractivity contribution in [2.24, 2.45) is 17.6 Å². The molecule has 1 aliphatic heterocycles. The lowest BCUT2D eigenvalue weighted by Crippen LogP contribution is -2.49. The predicted octanol–water partition coefficient (Wildman–Crippen LogP) is 2.28. The van der Waals surface area contributed by atoms with Crippen LogP contribution in [0.4, 0.5) is 0 Å². The van der Waals surface area contributed by atoms with Crippen LogP contribution < -0.4 is 5.73 Å². The van der Waals surface area contributed by atoms with Crippen LogP contribution in [0.25, 0.3) is 0 Å². The zero-order valence-corrected chi connectivity index (χ0v) is 15.9. The average molecular weight is 348 g/mol. The molecule has 0 saturated carbocycles. The van der Waals surface area contributed by atoms with Gasteiger partial charge < -0.3 is 15.5 Å². The van der Waals surface area contributed by atoms with Crippen LogP contribution in [0, 0.1) is 11.8 Å². The van der Waals surface area contributed by atoms with E-state index in [9.17, 15) is 9.59 Å². The van der Waals surface area contributed by atoms with Crippen LogP contribution >= 0.6 is 12.4 Å². The summed E-state index contributed by atoms with van der Waals surface area (Å²) in [6.45, 7) is 8.41. The Morgan fingerprint density at radius 3 is 2.30 bits per heavy atom. The van der Waals surface area contributed by atoms with E-state index in [0.29, 0.717) is 19.0 Å². The number of hydrogen-bond acceptors (Lipinski definition) is 3. The van der Waals surface area contributed by atoms with E-state index < -0.39 is 6.04 Å². The van der Waals surface area contributed by atoms with E-state index in [-0.39, 0.29) is 30.1 Å². The lowest BCUT2D eigenvalue weighted by atomic mass is 9.94. The van der Waals surface area contributed by atoms with Gasteiger partial charge in [0.05, 0.1) is 6.04 Å². The third-order valence-electron chi connectivity index (χ3n) is 4.42. The predicted molar refractivity (Wildman–Crippen MR) is 96.5 cm³/mol. The van der Waals surface area contributed by atoms with E-state index in [1.54, 1.807) is 0 Å². The van der Waals surface area contributed by atoms with Crippen molar-refractivity contribution in [3.8, 4) is 0 Å². The van der Waals surface area contributed by atoms with Gasteiger partial charge >= 0.3 is 0 Å². The molecule has 1 saturated heterocycles. The molecule has 1 aliphatic rings. The molecule has 1 atom stereocenters. The van der Waals surface area contributed by atoms with Gasteiger partial charge in [-0.1, -0.05) is 27.2 Å². The molecule has 0 bridgehead atoms. The normalized spacial score (nSPS) is 16.9. The Labute approximate surface area is 147 Å². The summed E-state index contributed by atoms with van der Waals surface area (Å²) in [7, 11) is 1.88. The van der Waals surface area contributed by atoms with Gasteiger partial charge in [0, 0.05) is 32.6 Å². The first-order valence-corrected chi connectivity index (χ1v) is 8.66. The van der Waals surface area contributed by atoms with Gasteiger partial charge in [0.2, 0.25) is 11.8 Å². The Kier molecular flexibility index (Phi) is 10.5. The average Bonchev–Trinajstić information content (AvgIpc) is 2.50. The maximum Gasteiger partial charge on any atom is 0.239 e. The first kappa shape index (κ1) is 22.2. The fourth-order valence-electron chi connectivity index (χ4n) is 3.01. The molecule has 0 spiro atoms. The highest BCUT2D eigenvalue weighted by atomic mass is 35.5. The highest BCUT2D eigenvalue weighted by molar-refractivity contribution is 5.85. The second-order valence-electron chi connectivity index (χ2n) is 6.95. The molecule has 0 unspecified atom stereocenters. The summed E-state index contributed by atoms with van der Waals surface area (Å²) in [6.07, 6.45) is 4.38. The molecule has 2 N–H and O–H groups in total. The van der Waals surface area contributed by atoms with Crippen molar-refractivity contribution in [2.75, 3.05) is 26.7 Å². The standard InChI is InChI=1S/C17H33N3O2.ClH/c1-5-6-9-19(4)16(21)14-7-10-20(11-8-14)17(22)15(18)12-13(2)3;/h13-15H,5-12,18H2,1-4H3;1H/t15-;/m0./s1. The molecule has 0 radical (unpaired) electrons. The number of carbonyl (C=O) groups excluding carboxylic acids is 2. The molecule has 0 aliphatic carbocycles. The number of nitrogens with two attached hydrogens (primary N) is 1. The van der Waals surface area contributed by atoms with E-state index in [2.05, 4.69) is 20.8 Å². The fourth-order valence-corrected chi connectivity index (χ4v) is 3.01. The van der Waals surface area contributed by atoms with Crippen molar-refractivity contribution in [3.63, 3.8) is 0 Å². The van der Waals surface area contributed by atoms with Gasteiger partial charge in [-0.3, -0.25) is 9.59 Å². The molecule has 1 heterocycles. The Balaban J connectivity index is 0.00000484.